The van der Waals surface area contributed by atoms with E-state index in [9.17, 15) is 19.2 Å². The first-order valence-corrected chi connectivity index (χ1v) is 19.4. The van der Waals surface area contributed by atoms with E-state index >= 15 is 0 Å². The molecule has 2 aliphatic heterocycles. The monoisotopic (exact) mass is 802 g/mol. The molecule has 2 saturated heterocycles. The normalized spacial score (nSPS) is 16.5. The number of nitrogen functional groups attached to an aromatic ring is 1. The van der Waals surface area contributed by atoms with Gasteiger partial charge in [0.15, 0.2) is 5.65 Å². The van der Waals surface area contributed by atoms with Crippen LogP contribution in [0.1, 0.15) is 78.9 Å². The molecule has 20 nitrogen and oxygen atoms in total. The lowest BCUT2D eigenvalue weighted by Crippen LogP contribution is -2.43. The summed E-state index contributed by atoms with van der Waals surface area (Å²) in [4.78, 5) is 68.4. The molecule has 0 spiro atoms. The second kappa shape index (κ2) is 15.4. The largest absolute Gasteiger partial charge is 0.395 e. The molecule has 6 aromatic rings. The number of nitrogens with two attached hydrogens (primary N) is 3. The average Bonchev–Trinajstić information content (AvgIpc) is 4.06. The Morgan fingerprint density at radius 1 is 0.864 bits per heavy atom. The predicted molar refractivity (Wildman–Crippen MR) is 220 cm³/mol. The van der Waals surface area contributed by atoms with Crippen LogP contribution in [-0.2, 0) is 32.7 Å². The fourth-order valence-corrected chi connectivity index (χ4v) is 8.08. The first kappa shape index (κ1) is 38.9. The molecule has 306 valence electrons. The van der Waals surface area contributed by atoms with Crippen molar-refractivity contribution >= 4 is 63.4 Å². The fourth-order valence-electron chi connectivity index (χ4n) is 8.08. The van der Waals surface area contributed by atoms with Gasteiger partial charge < -0.3 is 27.1 Å². The number of hydrogen-bond donors (Lipinski definition) is 6. The number of pyridine rings is 1. The summed E-state index contributed by atoms with van der Waals surface area (Å²) < 4.78 is 6.74. The standard InChI is InChI=1S/C39H46N16O4/c1-5-54-29(11-20(3)49-54)36(58)47-38-45-27-13-22(33(41)56)12-24(18-51-19-25-15-26(51)17-43-25)31(27)52(38)9-7-8-10-53-35-28(14-23(16-44-35)34(42)57)46-39(53)48-37(59)32-30(40)21(4)50-55(32)6-2/h7-8,11-14,16,25-26,43H,5-6,9-10,15,17-19,40H2,1-4H3,(H2,41,56)(H2,42,57)(H,45,47,58)(H,46,48,59)/b8-7+/t25-,26-/m1/s1. The molecular weight excluding hydrogens is 757 g/mol. The summed E-state index contributed by atoms with van der Waals surface area (Å²) in [5.74, 6) is -1.73. The van der Waals surface area contributed by atoms with Crippen LogP contribution in [0.2, 0.25) is 0 Å². The Balaban J connectivity index is 1.16. The Bertz CT molecular complexity index is 2700. The van der Waals surface area contributed by atoms with Crippen molar-refractivity contribution in [3.05, 3.63) is 82.1 Å². The summed E-state index contributed by atoms with van der Waals surface area (Å²) in [6.07, 6.45) is 6.17. The molecule has 5 aromatic heterocycles. The Morgan fingerprint density at radius 2 is 1.54 bits per heavy atom. The van der Waals surface area contributed by atoms with Gasteiger partial charge in [0.05, 0.1) is 33.7 Å². The highest BCUT2D eigenvalue weighted by Gasteiger charge is 2.38. The van der Waals surface area contributed by atoms with Crippen LogP contribution in [0.4, 0.5) is 17.6 Å². The Labute approximate surface area is 337 Å². The SMILES string of the molecule is CCn1nc(C)cc1C(=O)Nc1nc2cc(C(N)=O)cc(CN3C[C@H]4C[C@@H]3CN4)c2n1C/C=C/Cn1c(NC(=O)c2c(N)c(C)nn2CC)nc2cc(C(N)=O)cnc21. The molecule has 1 aromatic carbocycles. The Kier molecular flexibility index (Phi) is 10.2. The molecule has 7 heterocycles. The van der Waals surface area contributed by atoms with Crippen molar-refractivity contribution in [3.8, 4) is 0 Å². The number of anilines is 3. The molecular formula is C39H46N16O4. The fraction of sp³-hybridized carbons (Fsp3) is 0.359. The topological polar surface area (TPSA) is 270 Å². The number of aromatic nitrogens is 9. The number of amides is 4. The summed E-state index contributed by atoms with van der Waals surface area (Å²) >= 11 is 0. The summed E-state index contributed by atoms with van der Waals surface area (Å²) in [5.41, 5.74) is 23.0. The van der Waals surface area contributed by atoms with E-state index in [-0.39, 0.29) is 47.8 Å². The average molecular weight is 803 g/mol. The van der Waals surface area contributed by atoms with Crippen LogP contribution in [0.3, 0.4) is 0 Å². The third kappa shape index (κ3) is 7.27. The number of benzene rings is 1. The zero-order valence-electron chi connectivity index (χ0n) is 33.2. The van der Waals surface area contributed by atoms with Crippen LogP contribution in [0.25, 0.3) is 22.2 Å². The van der Waals surface area contributed by atoms with E-state index in [2.05, 4.69) is 41.0 Å². The molecule has 2 fully saturated rings. The minimum atomic E-state index is -0.671. The molecule has 9 N–H and O–H groups in total. The van der Waals surface area contributed by atoms with Crippen molar-refractivity contribution < 1.29 is 19.2 Å². The van der Waals surface area contributed by atoms with Gasteiger partial charge in [0.2, 0.25) is 23.7 Å². The van der Waals surface area contributed by atoms with Crippen LogP contribution < -0.4 is 33.2 Å². The molecule has 4 amide bonds. The zero-order valence-corrected chi connectivity index (χ0v) is 33.2. The molecule has 20 heteroatoms. The van der Waals surface area contributed by atoms with E-state index in [1.54, 1.807) is 28.3 Å². The van der Waals surface area contributed by atoms with Crippen LogP contribution >= 0.6 is 0 Å². The van der Waals surface area contributed by atoms with E-state index in [4.69, 9.17) is 22.2 Å². The first-order valence-electron chi connectivity index (χ1n) is 19.4. The number of piperazine rings is 1. The van der Waals surface area contributed by atoms with Crippen LogP contribution in [0.5, 0.6) is 0 Å². The molecule has 0 aliphatic carbocycles. The third-order valence-corrected chi connectivity index (χ3v) is 10.9. The van der Waals surface area contributed by atoms with E-state index in [0.29, 0.717) is 71.0 Å². The van der Waals surface area contributed by atoms with Crippen molar-refractivity contribution in [2.45, 2.75) is 78.9 Å². The van der Waals surface area contributed by atoms with Gasteiger partial charge >= 0.3 is 0 Å². The molecule has 2 bridgehead atoms. The van der Waals surface area contributed by atoms with Crippen molar-refractivity contribution in [1.29, 1.82) is 0 Å². The highest BCUT2D eigenvalue weighted by molar-refractivity contribution is 6.07. The number of allylic oxidation sites excluding steroid dienone is 2. The lowest BCUT2D eigenvalue weighted by atomic mass is 10.1. The highest BCUT2D eigenvalue weighted by Crippen LogP contribution is 2.31. The summed E-state index contributed by atoms with van der Waals surface area (Å²) in [6, 6.07) is 7.45. The van der Waals surface area contributed by atoms with Gasteiger partial charge in [0.25, 0.3) is 11.8 Å². The van der Waals surface area contributed by atoms with Gasteiger partial charge in [-0.2, -0.15) is 10.2 Å². The number of primary amides is 2. The summed E-state index contributed by atoms with van der Waals surface area (Å²) in [7, 11) is 0. The van der Waals surface area contributed by atoms with Gasteiger partial charge in [-0.15, -0.1) is 0 Å². The zero-order chi connectivity index (χ0) is 41.7. The molecule has 2 atom stereocenters. The minimum absolute atomic E-state index is 0.157. The summed E-state index contributed by atoms with van der Waals surface area (Å²) in [5, 5.41) is 18.2. The number of hydrogen-bond acceptors (Lipinski definition) is 12. The third-order valence-electron chi connectivity index (χ3n) is 10.9. The number of carbonyl (C=O) groups is 4. The molecule has 0 saturated carbocycles. The number of imidazole rings is 2. The lowest BCUT2D eigenvalue weighted by Gasteiger charge is -2.27. The van der Waals surface area contributed by atoms with Gasteiger partial charge in [-0.25, -0.2) is 15.0 Å². The number of rotatable bonds is 14. The first-order chi connectivity index (χ1) is 28.3. The summed E-state index contributed by atoms with van der Waals surface area (Å²) in [6.45, 7) is 10.9. The second-order valence-corrected chi connectivity index (χ2v) is 14.8. The molecule has 2 aliphatic rings. The number of fused-ring (bicyclic) bond motifs is 4. The molecule has 0 radical (unpaired) electrons. The maximum absolute atomic E-state index is 13.8. The van der Waals surface area contributed by atoms with Gasteiger partial charge in [-0.3, -0.25) is 48.6 Å². The number of nitrogens with one attached hydrogen (secondary N) is 3. The van der Waals surface area contributed by atoms with Crippen LogP contribution in [-0.4, -0.2) is 97.3 Å². The van der Waals surface area contributed by atoms with Gasteiger partial charge in [0.1, 0.15) is 16.9 Å². The van der Waals surface area contributed by atoms with E-state index in [0.717, 1.165) is 30.6 Å². The van der Waals surface area contributed by atoms with Crippen molar-refractivity contribution in [2.24, 2.45) is 11.5 Å². The second-order valence-electron chi connectivity index (χ2n) is 14.8. The van der Waals surface area contributed by atoms with Crippen molar-refractivity contribution in [1.82, 2.24) is 53.9 Å². The molecule has 59 heavy (non-hydrogen) atoms. The van der Waals surface area contributed by atoms with Crippen molar-refractivity contribution in [3.63, 3.8) is 0 Å². The number of carbonyl (C=O) groups excluding carboxylic acids is 4. The van der Waals surface area contributed by atoms with Crippen LogP contribution in [0, 0.1) is 13.8 Å². The number of aryl methyl sites for hydroxylation is 4. The predicted octanol–water partition coefficient (Wildman–Crippen LogP) is 1.92. The quantitative estimate of drug-likeness (QED) is 0.0863. The maximum Gasteiger partial charge on any atom is 0.278 e. The van der Waals surface area contributed by atoms with Gasteiger partial charge in [-0.05, 0) is 63.9 Å². The minimum Gasteiger partial charge on any atom is -0.395 e. The highest BCUT2D eigenvalue weighted by atomic mass is 16.2. The molecule has 8 rings (SSSR count). The molecule has 0 unspecified atom stereocenters. The van der Waals surface area contributed by atoms with Gasteiger partial charge in [0, 0.05) is 69.7 Å². The lowest BCUT2D eigenvalue weighted by molar-refractivity contribution is 0.0991. The Hall–Kier alpha value is -6.93. The van der Waals surface area contributed by atoms with E-state index < -0.39 is 17.7 Å². The van der Waals surface area contributed by atoms with Crippen LogP contribution in [0.15, 0.2) is 42.6 Å². The van der Waals surface area contributed by atoms with Crippen molar-refractivity contribution in [2.75, 3.05) is 29.5 Å². The van der Waals surface area contributed by atoms with Gasteiger partial charge in [-0.1, -0.05) is 12.2 Å². The number of nitrogens with zero attached hydrogens (tertiary/aromatic N) is 10. The maximum atomic E-state index is 13.8. The van der Waals surface area contributed by atoms with E-state index in [1.807, 2.05) is 43.6 Å². The smallest absolute Gasteiger partial charge is 0.278 e. The van der Waals surface area contributed by atoms with E-state index in [1.165, 1.54) is 16.9 Å². The Morgan fingerprint density at radius 3 is 2.22 bits per heavy atom. The number of likely N-dealkylation sites (tertiary alicyclic amines) is 1.